The van der Waals surface area contributed by atoms with Crippen molar-refractivity contribution in [2.45, 2.75) is 18.2 Å². The highest BCUT2D eigenvalue weighted by Gasteiger charge is 2.14. The normalized spacial score (nSPS) is 12.0. The van der Waals surface area contributed by atoms with Crippen molar-refractivity contribution in [2.24, 2.45) is 7.05 Å². The number of benzene rings is 2. The van der Waals surface area contributed by atoms with Gasteiger partial charge in [-0.1, -0.05) is 23.4 Å². The largest absolute Gasteiger partial charge is 0.491 e. The molecule has 0 saturated carbocycles. The summed E-state index contributed by atoms with van der Waals surface area (Å²) in [5, 5.41) is 20.0. The summed E-state index contributed by atoms with van der Waals surface area (Å²) in [5.41, 5.74) is 1.55. The van der Waals surface area contributed by atoms with Crippen LogP contribution in [0.2, 0.25) is 5.02 Å². The van der Waals surface area contributed by atoms with Crippen LogP contribution in [0.25, 0.3) is 11.4 Å². The van der Waals surface area contributed by atoms with Crippen molar-refractivity contribution >= 4 is 29.1 Å². The molecule has 146 valence electrons. The molecular weight excluding hydrogens is 398 g/mol. The Labute approximate surface area is 172 Å². The SMILES string of the molecule is CC(=O)c1ccc(OC[C@H](O)CSc2nnc(-c3ccc(Cl)cc3)n2C)cc1. The number of carbonyl (C=O) groups excluding carboxylic acids is 1. The molecule has 0 unspecified atom stereocenters. The lowest BCUT2D eigenvalue weighted by Crippen LogP contribution is -2.20. The van der Waals surface area contributed by atoms with E-state index in [-0.39, 0.29) is 12.4 Å². The molecule has 1 aromatic heterocycles. The third-order valence-corrected chi connectivity index (χ3v) is 5.46. The smallest absolute Gasteiger partial charge is 0.191 e. The Morgan fingerprint density at radius 3 is 2.50 bits per heavy atom. The molecule has 1 N–H and O–H groups in total. The van der Waals surface area contributed by atoms with Gasteiger partial charge in [0, 0.05) is 29.0 Å². The van der Waals surface area contributed by atoms with Gasteiger partial charge in [-0.25, -0.2) is 0 Å². The fraction of sp³-hybridized carbons (Fsp3) is 0.250. The van der Waals surface area contributed by atoms with Gasteiger partial charge in [-0.2, -0.15) is 0 Å². The number of rotatable bonds is 8. The molecule has 8 heteroatoms. The zero-order valence-electron chi connectivity index (χ0n) is 15.5. The summed E-state index contributed by atoms with van der Waals surface area (Å²) in [6.45, 7) is 1.66. The van der Waals surface area contributed by atoms with Crippen molar-refractivity contribution in [3.8, 4) is 17.1 Å². The van der Waals surface area contributed by atoms with Crippen LogP contribution in [0.4, 0.5) is 0 Å². The van der Waals surface area contributed by atoms with Gasteiger partial charge < -0.3 is 14.4 Å². The lowest BCUT2D eigenvalue weighted by Gasteiger charge is -2.12. The highest BCUT2D eigenvalue weighted by atomic mass is 35.5. The van der Waals surface area contributed by atoms with Gasteiger partial charge in [-0.05, 0) is 55.5 Å². The van der Waals surface area contributed by atoms with E-state index >= 15 is 0 Å². The second-order valence-corrected chi connectivity index (χ2v) is 7.65. The molecule has 0 fully saturated rings. The Morgan fingerprint density at radius 2 is 1.86 bits per heavy atom. The first-order chi connectivity index (χ1) is 13.4. The molecule has 28 heavy (non-hydrogen) atoms. The predicted octanol–water partition coefficient (Wildman–Crippen LogP) is 3.87. The van der Waals surface area contributed by atoms with Crippen molar-refractivity contribution in [2.75, 3.05) is 12.4 Å². The van der Waals surface area contributed by atoms with Gasteiger partial charge in [0.1, 0.15) is 12.4 Å². The van der Waals surface area contributed by atoms with E-state index in [1.165, 1.54) is 18.7 Å². The fourth-order valence-corrected chi connectivity index (χ4v) is 3.43. The summed E-state index contributed by atoms with van der Waals surface area (Å²) < 4.78 is 7.45. The molecule has 0 bridgehead atoms. The number of ether oxygens (including phenoxy) is 1. The van der Waals surface area contributed by atoms with E-state index in [9.17, 15) is 9.90 Å². The van der Waals surface area contributed by atoms with Gasteiger partial charge in [0.2, 0.25) is 0 Å². The standard InChI is InChI=1S/C20H20ClN3O3S/c1-13(25)14-5-9-18(10-6-14)27-11-17(26)12-28-20-23-22-19(24(20)2)15-3-7-16(21)8-4-15/h3-10,17,26H,11-12H2,1-2H3/t17-/m0/s1. The van der Waals surface area contributed by atoms with Crippen LogP contribution >= 0.6 is 23.4 Å². The summed E-state index contributed by atoms with van der Waals surface area (Å²) in [6.07, 6.45) is -0.673. The maximum Gasteiger partial charge on any atom is 0.191 e. The van der Waals surface area contributed by atoms with E-state index in [0.717, 1.165) is 11.4 Å². The number of aromatic nitrogens is 3. The van der Waals surface area contributed by atoms with Gasteiger partial charge in [0.05, 0.1) is 6.10 Å². The molecule has 2 aromatic carbocycles. The van der Waals surface area contributed by atoms with Crippen LogP contribution < -0.4 is 4.74 Å². The van der Waals surface area contributed by atoms with E-state index in [4.69, 9.17) is 16.3 Å². The topological polar surface area (TPSA) is 77.2 Å². The van der Waals surface area contributed by atoms with Crippen molar-refractivity contribution in [3.05, 3.63) is 59.1 Å². The van der Waals surface area contributed by atoms with Gasteiger partial charge in [-0.15, -0.1) is 10.2 Å². The quantitative estimate of drug-likeness (QED) is 0.443. The van der Waals surface area contributed by atoms with Gasteiger partial charge >= 0.3 is 0 Å². The molecule has 3 aromatic rings. The zero-order valence-corrected chi connectivity index (χ0v) is 17.1. The molecule has 0 saturated heterocycles. The first-order valence-electron chi connectivity index (χ1n) is 8.64. The number of carbonyl (C=O) groups is 1. The molecule has 0 aliphatic rings. The highest BCUT2D eigenvalue weighted by Crippen LogP contribution is 2.24. The Morgan fingerprint density at radius 1 is 1.18 bits per heavy atom. The Kier molecular flexibility index (Phi) is 6.72. The molecule has 0 amide bonds. The van der Waals surface area contributed by atoms with E-state index in [1.54, 1.807) is 24.3 Å². The number of hydrogen-bond donors (Lipinski definition) is 1. The van der Waals surface area contributed by atoms with E-state index in [2.05, 4.69) is 10.2 Å². The second kappa shape index (κ2) is 9.23. The Hall–Kier alpha value is -2.35. The van der Waals surface area contributed by atoms with Crippen LogP contribution in [-0.4, -0.2) is 44.1 Å². The van der Waals surface area contributed by atoms with Crippen LogP contribution in [-0.2, 0) is 7.05 Å². The molecule has 0 aliphatic heterocycles. The summed E-state index contributed by atoms with van der Waals surface area (Å²) >= 11 is 7.33. The fourth-order valence-electron chi connectivity index (χ4n) is 2.49. The number of thioether (sulfide) groups is 1. The van der Waals surface area contributed by atoms with E-state index < -0.39 is 6.10 Å². The summed E-state index contributed by atoms with van der Waals surface area (Å²) in [5.74, 6) is 1.76. The molecule has 6 nitrogen and oxygen atoms in total. The molecule has 3 rings (SSSR count). The summed E-state index contributed by atoms with van der Waals surface area (Å²) in [4.78, 5) is 11.3. The van der Waals surface area contributed by atoms with Crippen molar-refractivity contribution in [1.29, 1.82) is 0 Å². The first-order valence-corrected chi connectivity index (χ1v) is 10.0. The number of ketones is 1. The number of nitrogens with zero attached hydrogens (tertiary/aromatic N) is 3. The Bertz CT molecular complexity index is 942. The molecule has 0 aliphatic carbocycles. The van der Waals surface area contributed by atoms with Gasteiger partial charge in [0.15, 0.2) is 16.8 Å². The van der Waals surface area contributed by atoms with Crippen LogP contribution in [0, 0.1) is 0 Å². The molecule has 0 radical (unpaired) electrons. The van der Waals surface area contributed by atoms with Crippen LogP contribution in [0.1, 0.15) is 17.3 Å². The minimum absolute atomic E-state index is 0.00429. The van der Waals surface area contributed by atoms with Gasteiger partial charge in [-0.3, -0.25) is 4.79 Å². The number of Topliss-reactive ketones (excluding diaryl/α,β-unsaturated/α-hetero) is 1. The lowest BCUT2D eigenvalue weighted by atomic mass is 10.1. The third kappa shape index (κ3) is 5.13. The molecular formula is C20H20ClN3O3S. The third-order valence-electron chi connectivity index (χ3n) is 4.05. The number of hydrogen-bond acceptors (Lipinski definition) is 6. The zero-order chi connectivity index (χ0) is 20.1. The number of halogens is 1. The maximum atomic E-state index is 11.3. The average molecular weight is 418 g/mol. The second-order valence-electron chi connectivity index (χ2n) is 6.23. The highest BCUT2D eigenvalue weighted by molar-refractivity contribution is 7.99. The average Bonchev–Trinajstić information content (AvgIpc) is 3.06. The monoisotopic (exact) mass is 417 g/mol. The predicted molar refractivity (Wildman–Crippen MR) is 110 cm³/mol. The van der Waals surface area contributed by atoms with Crippen LogP contribution in [0.15, 0.2) is 53.7 Å². The summed E-state index contributed by atoms with van der Waals surface area (Å²) in [6, 6.07) is 14.2. The minimum atomic E-state index is -0.673. The van der Waals surface area contributed by atoms with Crippen LogP contribution in [0.5, 0.6) is 5.75 Å². The van der Waals surface area contributed by atoms with Crippen LogP contribution in [0.3, 0.4) is 0 Å². The molecule has 1 heterocycles. The summed E-state index contributed by atoms with van der Waals surface area (Å²) in [7, 11) is 1.88. The molecule has 1 atom stereocenters. The Balaban J connectivity index is 1.52. The molecule has 0 spiro atoms. The van der Waals surface area contributed by atoms with Crippen molar-refractivity contribution < 1.29 is 14.6 Å². The van der Waals surface area contributed by atoms with Crippen molar-refractivity contribution in [1.82, 2.24) is 14.8 Å². The number of aliphatic hydroxyl groups excluding tert-OH is 1. The lowest BCUT2D eigenvalue weighted by molar-refractivity contribution is 0.101. The maximum absolute atomic E-state index is 11.3. The van der Waals surface area contributed by atoms with E-state index in [0.29, 0.717) is 27.2 Å². The number of aliphatic hydroxyl groups is 1. The van der Waals surface area contributed by atoms with E-state index in [1.807, 2.05) is 35.9 Å². The van der Waals surface area contributed by atoms with Gasteiger partial charge in [0.25, 0.3) is 0 Å². The minimum Gasteiger partial charge on any atom is -0.491 e. The first kappa shape index (κ1) is 20.4. The van der Waals surface area contributed by atoms with Crippen molar-refractivity contribution in [3.63, 3.8) is 0 Å².